The molecular weight excluding hydrogens is 316 g/mol. The van der Waals surface area contributed by atoms with E-state index >= 15 is 0 Å². The van der Waals surface area contributed by atoms with Gasteiger partial charge in [0.05, 0.1) is 5.69 Å². The number of rotatable bonds is 3. The minimum atomic E-state index is -0.0373. The summed E-state index contributed by atoms with van der Waals surface area (Å²) in [5.41, 5.74) is 7.50. The fourth-order valence-corrected chi connectivity index (χ4v) is 4.55. The summed E-state index contributed by atoms with van der Waals surface area (Å²) >= 11 is 0. The molecule has 2 aliphatic heterocycles. The van der Waals surface area contributed by atoms with Gasteiger partial charge in [-0.05, 0) is 44.7 Å². The van der Waals surface area contributed by atoms with Crippen molar-refractivity contribution in [3.05, 3.63) is 17.8 Å². The number of aromatic nitrogens is 2. The molecule has 1 amide bonds. The van der Waals surface area contributed by atoms with Crippen LogP contribution in [0.25, 0.3) is 0 Å². The predicted octanol–water partition coefficient (Wildman–Crippen LogP) is 0.857. The zero-order valence-corrected chi connectivity index (χ0v) is 15.1. The van der Waals surface area contributed by atoms with Gasteiger partial charge in [0.25, 0.3) is 0 Å². The van der Waals surface area contributed by atoms with Crippen LogP contribution in [0, 0.1) is 12.8 Å². The van der Waals surface area contributed by atoms with Crippen LogP contribution >= 0.6 is 0 Å². The van der Waals surface area contributed by atoms with Crippen LogP contribution in [0.2, 0.25) is 0 Å². The number of carbonyl (C=O) groups excluding carboxylic acids is 1. The number of aryl methyl sites for hydroxylation is 1. The topological polar surface area (TPSA) is 73.4 Å². The standard InChI is InChI=1S/C18H28N6O/c1-12-6-7-16(21-19-12)23(2)13-8-10-24(11-9-13)18(25)17-14-4-3-5-15(14)20-22-17/h6-7,13-15,17,20,22H,3-5,8-11H2,1-2H3. The minimum Gasteiger partial charge on any atom is -0.355 e. The first-order valence-electron chi connectivity index (χ1n) is 9.46. The van der Waals surface area contributed by atoms with E-state index in [9.17, 15) is 4.79 Å². The smallest absolute Gasteiger partial charge is 0.241 e. The van der Waals surface area contributed by atoms with Crippen LogP contribution in [-0.2, 0) is 4.79 Å². The molecule has 0 aromatic carbocycles. The van der Waals surface area contributed by atoms with Crippen molar-refractivity contribution in [1.29, 1.82) is 0 Å². The maximum atomic E-state index is 12.9. The van der Waals surface area contributed by atoms with E-state index in [0.29, 0.717) is 18.0 Å². The predicted molar refractivity (Wildman–Crippen MR) is 96.0 cm³/mol. The normalized spacial score (nSPS) is 29.7. The largest absolute Gasteiger partial charge is 0.355 e. The van der Waals surface area contributed by atoms with Gasteiger partial charge in [-0.3, -0.25) is 10.2 Å². The van der Waals surface area contributed by atoms with E-state index in [1.807, 2.05) is 24.0 Å². The van der Waals surface area contributed by atoms with Crippen LogP contribution in [0.4, 0.5) is 5.82 Å². The van der Waals surface area contributed by atoms with Gasteiger partial charge in [-0.1, -0.05) is 6.42 Å². The first-order valence-corrected chi connectivity index (χ1v) is 9.46. The summed E-state index contributed by atoms with van der Waals surface area (Å²) in [6, 6.07) is 4.88. The molecule has 3 aliphatic rings. The Hall–Kier alpha value is -1.73. The number of hydrazine groups is 1. The second kappa shape index (κ2) is 6.88. The average Bonchev–Trinajstić information content (AvgIpc) is 3.25. The summed E-state index contributed by atoms with van der Waals surface area (Å²) in [6.45, 7) is 3.59. The molecule has 0 spiro atoms. The molecule has 0 bridgehead atoms. The van der Waals surface area contributed by atoms with E-state index in [1.54, 1.807) is 0 Å². The number of nitrogens with one attached hydrogen (secondary N) is 2. The molecule has 1 aromatic heterocycles. The second-order valence-corrected chi connectivity index (χ2v) is 7.67. The van der Waals surface area contributed by atoms with Crippen LogP contribution < -0.4 is 15.8 Å². The van der Waals surface area contributed by atoms with Gasteiger partial charge in [-0.25, -0.2) is 5.43 Å². The van der Waals surface area contributed by atoms with Crippen molar-refractivity contribution in [2.24, 2.45) is 5.92 Å². The number of carbonyl (C=O) groups is 1. The van der Waals surface area contributed by atoms with E-state index in [4.69, 9.17) is 0 Å². The lowest BCUT2D eigenvalue weighted by Crippen LogP contribution is -2.52. The quantitative estimate of drug-likeness (QED) is 0.847. The molecule has 1 aliphatic carbocycles. The number of amides is 1. The Morgan fingerprint density at radius 1 is 1.16 bits per heavy atom. The number of hydrogen-bond acceptors (Lipinski definition) is 6. The van der Waals surface area contributed by atoms with Crippen molar-refractivity contribution in [3.63, 3.8) is 0 Å². The lowest BCUT2D eigenvalue weighted by molar-refractivity contribution is -0.135. The summed E-state index contributed by atoms with van der Waals surface area (Å²) in [5.74, 6) is 1.65. The summed E-state index contributed by atoms with van der Waals surface area (Å²) in [5, 5.41) is 8.43. The first-order chi connectivity index (χ1) is 12.1. The molecule has 3 fully saturated rings. The lowest BCUT2D eigenvalue weighted by atomic mass is 9.95. The highest BCUT2D eigenvalue weighted by molar-refractivity contribution is 5.82. The minimum absolute atomic E-state index is 0.0373. The van der Waals surface area contributed by atoms with E-state index in [0.717, 1.165) is 43.9 Å². The van der Waals surface area contributed by atoms with Gasteiger partial charge < -0.3 is 9.80 Å². The number of nitrogens with zero attached hydrogens (tertiary/aromatic N) is 4. The summed E-state index contributed by atoms with van der Waals surface area (Å²) in [6.07, 6.45) is 5.54. The molecule has 136 valence electrons. The molecule has 1 aromatic rings. The van der Waals surface area contributed by atoms with Crippen LogP contribution in [-0.4, -0.2) is 59.3 Å². The van der Waals surface area contributed by atoms with Crippen molar-refractivity contribution in [3.8, 4) is 0 Å². The monoisotopic (exact) mass is 344 g/mol. The van der Waals surface area contributed by atoms with Crippen LogP contribution in [0.15, 0.2) is 12.1 Å². The lowest BCUT2D eigenvalue weighted by Gasteiger charge is -2.38. The highest BCUT2D eigenvalue weighted by Crippen LogP contribution is 2.32. The van der Waals surface area contributed by atoms with E-state index in [2.05, 4.69) is 33.0 Å². The maximum Gasteiger partial charge on any atom is 0.241 e. The average molecular weight is 344 g/mol. The molecule has 2 saturated heterocycles. The fourth-order valence-electron chi connectivity index (χ4n) is 4.55. The van der Waals surface area contributed by atoms with Crippen molar-refractivity contribution in [2.75, 3.05) is 25.0 Å². The molecule has 3 atom stereocenters. The zero-order chi connectivity index (χ0) is 17.4. The van der Waals surface area contributed by atoms with Gasteiger partial charge in [-0.2, -0.15) is 5.10 Å². The molecular formula is C18H28N6O. The fraction of sp³-hybridized carbons (Fsp3) is 0.722. The first kappa shape index (κ1) is 16.7. The van der Waals surface area contributed by atoms with E-state index in [-0.39, 0.29) is 11.9 Å². The van der Waals surface area contributed by atoms with Crippen molar-refractivity contribution < 1.29 is 4.79 Å². The molecule has 4 rings (SSSR count). The molecule has 25 heavy (non-hydrogen) atoms. The molecule has 1 saturated carbocycles. The van der Waals surface area contributed by atoms with Crippen LogP contribution in [0.1, 0.15) is 37.8 Å². The maximum absolute atomic E-state index is 12.9. The Morgan fingerprint density at radius 3 is 2.68 bits per heavy atom. The Balaban J connectivity index is 1.33. The van der Waals surface area contributed by atoms with Gasteiger partial charge in [0.15, 0.2) is 5.82 Å². The van der Waals surface area contributed by atoms with Gasteiger partial charge >= 0.3 is 0 Å². The number of piperidine rings is 1. The third kappa shape index (κ3) is 3.22. The van der Waals surface area contributed by atoms with Gasteiger partial charge in [0.2, 0.25) is 5.91 Å². The van der Waals surface area contributed by atoms with Gasteiger partial charge in [0.1, 0.15) is 6.04 Å². The number of fused-ring (bicyclic) bond motifs is 1. The number of hydrogen-bond donors (Lipinski definition) is 2. The van der Waals surface area contributed by atoms with Crippen LogP contribution in [0.3, 0.4) is 0 Å². The van der Waals surface area contributed by atoms with E-state index < -0.39 is 0 Å². The Bertz CT molecular complexity index is 612. The SMILES string of the molecule is Cc1ccc(N(C)C2CCN(C(=O)C3NNC4CCCC43)CC2)nn1. The Kier molecular flexibility index (Phi) is 4.60. The molecule has 3 unspecified atom stereocenters. The summed E-state index contributed by atoms with van der Waals surface area (Å²) in [7, 11) is 2.08. The van der Waals surface area contributed by atoms with Crippen molar-refractivity contribution >= 4 is 11.7 Å². The number of likely N-dealkylation sites (tertiary alicyclic amines) is 1. The molecule has 7 nitrogen and oxygen atoms in total. The van der Waals surface area contributed by atoms with Gasteiger partial charge in [0, 0.05) is 38.1 Å². The highest BCUT2D eigenvalue weighted by Gasteiger charge is 2.44. The van der Waals surface area contributed by atoms with Crippen LogP contribution in [0.5, 0.6) is 0 Å². The van der Waals surface area contributed by atoms with Gasteiger partial charge in [-0.15, -0.1) is 5.10 Å². The summed E-state index contributed by atoms with van der Waals surface area (Å²) < 4.78 is 0. The molecule has 2 N–H and O–H groups in total. The molecule has 3 heterocycles. The highest BCUT2D eigenvalue weighted by atomic mass is 16.2. The third-order valence-electron chi connectivity index (χ3n) is 6.16. The van der Waals surface area contributed by atoms with E-state index in [1.165, 1.54) is 12.8 Å². The molecule has 0 radical (unpaired) electrons. The number of anilines is 1. The zero-order valence-electron chi connectivity index (χ0n) is 15.1. The third-order valence-corrected chi connectivity index (χ3v) is 6.16. The summed E-state index contributed by atoms with van der Waals surface area (Å²) in [4.78, 5) is 17.2. The Morgan fingerprint density at radius 2 is 1.96 bits per heavy atom. The second-order valence-electron chi connectivity index (χ2n) is 7.67. The van der Waals surface area contributed by atoms with Crippen molar-refractivity contribution in [1.82, 2.24) is 25.9 Å². The Labute approximate surface area is 149 Å². The molecule has 7 heteroatoms. The van der Waals surface area contributed by atoms with Crippen molar-refractivity contribution in [2.45, 2.75) is 57.2 Å².